The molecule has 22 heavy (non-hydrogen) atoms. The van der Waals surface area contributed by atoms with E-state index in [2.05, 4.69) is 10.3 Å². The van der Waals surface area contributed by atoms with Gasteiger partial charge in [-0.05, 0) is 24.3 Å². The van der Waals surface area contributed by atoms with Gasteiger partial charge in [-0.25, -0.2) is 4.98 Å². The Balaban J connectivity index is 1.82. The lowest BCUT2D eigenvalue weighted by molar-refractivity contribution is 0.0997. The molecule has 0 atom stereocenters. The summed E-state index contributed by atoms with van der Waals surface area (Å²) in [5, 5.41) is 11.7. The smallest absolute Gasteiger partial charge is 0.293 e. The molecule has 0 saturated carbocycles. The molecule has 0 radical (unpaired) electrons. The SMILES string of the molecule is N#Cc1ccccc1NC(=O)c1cnc(-c2ccccc2)o1. The van der Waals surface area contributed by atoms with E-state index in [9.17, 15) is 4.79 Å². The van der Waals surface area contributed by atoms with Crippen LogP contribution in [-0.2, 0) is 0 Å². The fourth-order valence-corrected chi connectivity index (χ4v) is 1.97. The van der Waals surface area contributed by atoms with Crippen LogP contribution in [0.5, 0.6) is 0 Å². The molecule has 0 aliphatic rings. The standard InChI is InChI=1S/C17H11N3O2/c18-10-13-8-4-5-9-14(13)20-16(21)15-11-19-17(22-15)12-6-2-1-3-7-12/h1-9,11H,(H,20,21). The lowest BCUT2D eigenvalue weighted by Crippen LogP contribution is -2.11. The Labute approximate surface area is 126 Å². The Kier molecular flexibility index (Phi) is 3.67. The third kappa shape index (κ3) is 2.72. The first kappa shape index (κ1) is 13.6. The largest absolute Gasteiger partial charge is 0.431 e. The highest BCUT2D eigenvalue weighted by Crippen LogP contribution is 2.20. The van der Waals surface area contributed by atoms with Gasteiger partial charge in [-0.1, -0.05) is 30.3 Å². The van der Waals surface area contributed by atoms with E-state index in [-0.39, 0.29) is 5.76 Å². The number of nitrogens with one attached hydrogen (secondary N) is 1. The average molecular weight is 289 g/mol. The molecule has 0 aliphatic heterocycles. The topological polar surface area (TPSA) is 78.9 Å². The van der Waals surface area contributed by atoms with Crippen LogP contribution in [0.3, 0.4) is 0 Å². The second kappa shape index (κ2) is 5.94. The second-order valence-corrected chi connectivity index (χ2v) is 4.51. The molecule has 0 unspecified atom stereocenters. The molecular weight excluding hydrogens is 278 g/mol. The van der Waals surface area contributed by atoms with Gasteiger partial charge < -0.3 is 9.73 Å². The molecule has 3 rings (SSSR count). The number of benzene rings is 2. The van der Waals surface area contributed by atoms with Crippen molar-refractivity contribution in [1.29, 1.82) is 5.26 Å². The quantitative estimate of drug-likeness (QED) is 0.800. The number of hydrogen-bond donors (Lipinski definition) is 1. The summed E-state index contributed by atoms with van der Waals surface area (Å²) in [6.07, 6.45) is 1.37. The van der Waals surface area contributed by atoms with E-state index >= 15 is 0 Å². The van der Waals surface area contributed by atoms with E-state index in [1.165, 1.54) is 6.20 Å². The minimum atomic E-state index is -0.447. The number of nitrogens with zero attached hydrogens (tertiary/aromatic N) is 2. The molecular formula is C17H11N3O2. The zero-order valence-electron chi connectivity index (χ0n) is 11.5. The van der Waals surface area contributed by atoms with Crippen molar-refractivity contribution in [3.63, 3.8) is 0 Å². The molecule has 106 valence electrons. The van der Waals surface area contributed by atoms with Crippen LogP contribution in [0, 0.1) is 11.3 Å². The summed E-state index contributed by atoms with van der Waals surface area (Å²) in [6, 6.07) is 18.1. The number of hydrogen-bond acceptors (Lipinski definition) is 4. The molecule has 0 spiro atoms. The summed E-state index contributed by atoms with van der Waals surface area (Å²) < 4.78 is 5.47. The van der Waals surface area contributed by atoms with Crippen molar-refractivity contribution < 1.29 is 9.21 Å². The van der Waals surface area contributed by atoms with Crippen molar-refractivity contribution in [2.75, 3.05) is 5.32 Å². The summed E-state index contributed by atoms with van der Waals surface area (Å²) in [6.45, 7) is 0. The van der Waals surface area contributed by atoms with E-state index in [1.54, 1.807) is 24.3 Å². The van der Waals surface area contributed by atoms with Gasteiger partial charge in [-0.3, -0.25) is 4.79 Å². The van der Waals surface area contributed by atoms with Crippen LogP contribution in [0.25, 0.3) is 11.5 Å². The van der Waals surface area contributed by atoms with E-state index in [4.69, 9.17) is 9.68 Å². The maximum atomic E-state index is 12.2. The van der Waals surface area contributed by atoms with Gasteiger partial charge in [-0.15, -0.1) is 0 Å². The first-order valence-electron chi connectivity index (χ1n) is 6.59. The van der Waals surface area contributed by atoms with Crippen LogP contribution >= 0.6 is 0 Å². The number of para-hydroxylation sites is 1. The maximum absolute atomic E-state index is 12.2. The van der Waals surface area contributed by atoms with Crippen molar-refractivity contribution in [3.8, 4) is 17.5 Å². The van der Waals surface area contributed by atoms with Crippen molar-refractivity contribution in [3.05, 3.63) is 72.1 Å². The van der Waals surface area contributed by atoms with E-state index < -0.39 is 5.91 Å². The lowest BCUT2D eigenvalue weighted by atomic mass is 10.2. The second-order valence-electron chi connectivity index (χ2n) is 4.51. The Bertz CT molecular complexity index is 848. The van der Waals surface area contributed by atoms with Gasteiger partial charge in [0.2, 0.25) is 11.7 Å². The number of amides is 1. The number of carbonyl (C=O) groups is 1. The molecule has 1 aromatic heterocycles. The zero-order valence-corrected chi connectivity index (χ0v) is 11.5. The molecule has 5 heteroatoms. The lowest BCUT2D eigenvalue weighted by Gasteiger charge is -2.04. The molecule has 1 N–H and O–H groups in total. The summed E-state index contributed by atoms with van der Waals surface area (Å²) >= 11 is 0. The monoisotopic (exact) mass is 289 g/mol. The molecule has 0 bridgehead atoms. The molecule has 3 aromatic rings. The third-order valence-electron chi connectivity index (χ3n) is 3.05. The predicted molar refractivity (Wildman–Crippen MR) is 81.0 cm³/mol. The molecule has 5 nitrogen and oxygen atoms in total. The van der Waals surface area contributed by atoms with E-state index in [1.807, 2.05) is 36.4 Å². The number of oxazole rings is 1. The molecule has 0 saturated heterocycles. The number of nitriles is 1. The Morgan fingerprint density at radius 2 is 1.82 bits per heavy atom. The van der Waals surface area contributed by atoms with Crippen LogP contribution < -0.4 is 5.32 Å². The predicted octanol–water partition coefficient (Wildman–Crippen LogP) is 3.47. The maximum Gasteiger partial charge on any atom is 0.293 e. The normalized spacial score (nSPS) is 9.95. The Morgan fingerprint density at radius 3 is 2.59 bits per heavy atom. The average Bonchev–Trinajstić information content (AvgIpc) is 3.06. The highest BCUT2D eigenvalue weighted by atomic mass is 16.4. The number of aromatic nitrogens is 1. The molecule has 1 heterocycles. The van der Waals surface area contributed by atoms with Crippen molar-refractivity contribution in [2.24, 2.45) is 0 Å². The number of rotatable bonds is 3. The molecule has 0 fully saturated rings. The highest BCUT2D eigenvalue weighted by molar-refractivity contribution is 6.02. The third-order valence-corrected chi connectivity index (χ3v) is 3.05. The van der Waals surface area contributed by atoms with E-state index in [0.29, 0.717) is 17.1 Å². The zero-order chi connectivity index (χ0) is 15.4. The number of carbonyl (C=O) groups excluding carboxylic acids is 1. The summed E-state index contributed by atoms with van der Waals surface area (Å²) in [5.41, 5.74) is 1.62. The van der Waals surface area contributed by atoms with Crippen molar-refractivity contribution in [1.82, 2.24) is 4.98 Å². The van der Waals surface area contributed by atoms with Crippen LogP contribution in [0.1, 0.15) is 16.1 Å². The van der Waals surface area contributed by atoms with Gasteiger partial charge in [0, 0.05) is 5.56 Å². The highest BCUT2D eigenvalue weighted by Gasteiger charge is 2.15. The van der Waals surface area contributed by atoms with Crippen LogP contribution in [0.15, 0.2) is 65.2 Å². The molecule has 0 aliphatic carbocycles. The van der Waals surface area contributed by atoms with Crippen molar-refractivity contribution >= 4 is 11.6 Å². The first-order valence-corrected chi connectivity index (χ1v) is 6.59. The number of anilines is 1. The van der Waals surface area contributed by atoms with Gasteiger partial charge in [0.25, 0.3) is 5.91 Å². The van der Waals surface area contributed by atoms with Gasteiger partial charge in [-0.2, -0.15) is 5.26 Å². The molecule has 2 aromatic carbocycles. The minimum Gasteiger partial charge on any atom is -0.431 e. The van der Waals surface area contributed by atoms with Gasteiger partial charge in [0.05, 0.1) is 17.4 Å². The summed E-state index contributed by atoms with van der Waals surface area (Å²) in [5.74, 6) is 0.0169. The molecule has 1 amide bonds. The van der Waals surface area contributed by atoms with Crippen LogP contribution in [0.2, 0.25) is 0 Å². The van der Waals surface area contributed by atoms with E-state index in [0.717, 1.165) is 5.56 Å². The van der Waals surface area contributed by atoms with Gasteiger partial charge in [0.1, 0.15) is 6.07 Å². The van der Waals surface area contributed by atoms with Crippen molar-refractivity contribution in [2.45, 2.75) is 0 Å². The van der Waals surface area contributed by atoms with Crippen LogP contribution in [-0.4, -0.2) is 10.9 Å². The fourth-order valence-electron chi connectivity index (χ4n) is 1.97. The Morgan fingerprint density at radius 1 is 1.09 bits per heavy atom. The minimum absolute atomic E-state index is 0.0894. The summed E-state index contributed by atoms with van der Waals surface area (Å²) in [7, 11) is 0. The van der Waals surface area contributed by atoms with Gasteiger partial charge in [0.15, 0.2) is 0 Å². The van der Waals surface area contributed by atoms with Gasteiger partial charge >= 0.3 is 0 Å². The van der Waals surface area contributed by atoms with Crippen LogP contribution in [0.4, 0.5) is 5.69 Å². The Hall–Kier alpha value is -3.39. The fraction of sp³-hybridized carbons (Fsp3) is 0. The summed E-state index contributed by atoms with van der Waals surface area (Å²) in [4.78, 5) is 16.3. The first-order chi connectivity index (χ1) is 10.8.